The van der Waals surface area contributed by atoms with Crippen LogP contribution in [0.3, 0.4) is 0 Å². The highest BCUT2D eigenvalue weighted by molar-refractivity contribution is 7.14. The summed E-state index contributed by atoms with van der Waals surface area (Å²) < 4.78 is 13.6. The number of aromatic nitrogens is 4. The van der Waals surface area contributed by atoms with Gasteiger partial charge in [-0.05, 0) is 56.3 Å². The van der Waals surface area contributed by atoms with Gasteiger partial charge in [-0.2, -0.15) is 9.49 Å². The van der Waals surface area contributed by atoms with Gasteiger partial charge in [-0.15, -0.1) is 11.3 Å². The van der Waals surface area contributed by atoms with Gasteiger partial charge in [0.1, 0.15) is 5.69 Å². The minimum absolute atomic E-state index is 0.172. The summed E-state index contributed by atoms with van der Waals surface area (Å²) in [5.74, 6) is 0.487. The third-order valence-electron chi connectivity index (χ3n) is 5.98. The Labute approximate surface area is 176 Å². The molecular weight excluding hydrogens is 397 g/mol. The van der Waals surface area contributed by atoms with Crippen LogP contribution in [0.15, 0.2) is 48.7 Å². The van der Waals surface area contributed by atoms with Crippen LogP contribution in [0.25, 0.3) is 43.6 Å². The summed E-state index contributed by atoms with van der Waals surface area (Å²) in [5.41, 5.74) is 5.95. The average Bonchev–Trinajstić information content (AvgIpc) is 3.51. The molecule has 150 valence electrons. The summed E-state index contributed by atoms with van der Waals surface area (Å²) in [4.78, 5) is 9.12. The molecule has 5 nitrogen and oxygen atoms in total. The molecule has 1 saturated heterocycles. The van der Waals surface area contributed by atoms with Gasteiger partial charge < -0.3 is 10.3 Å². The van der Waals surface area contributed by atoms with Crippen LogP contribution in [0.4, 0.5) is 4.39 Å². The van der Waals surface area contributed by atoms with E-state index in [9.17, 15) is 4.39 Å². The van der Waals surface area contributed by atoms with Crippen molar-refractivity contribution in [2.75, 3.05) is 13.1 Å². The predicted molar refractivity (Wildman–Crippen MR) is 119 cm³/mol. The van der Waals surface area contributed by atoms with Gasteiger partial charge in [0.15, 0.2) is 5.13 Å². The molecule has 30 heavy (non-hydrogen) atoms. The van der Waals surface area contributed by atoms with Crippen LogP contribution in [-0.2, 0) is 0 Å². The number of benzene rings is 1. The SMILES string of the molecule is Fc1ccc(-c2cccc3[nH]c(-c4n[nH]c5cnc(C6CCNCC6)cc45)cc23)s1. The fourth-order valence-electron chi connectivity index (χ4n) is 4.44. The summed E-state index contributed by atoms with van der Waals surface area (Å²) in [5, 5.41) is 13.1. The Hall–Kier alpha value is -3.03. The lowest BCUT2D eigenvalue weighted by molar-refractivity contribution is 0.453. The van der Waals surface area contributed by atoms with E-state index in [1.165, 1.54) is 17.4 Å². The number of halogens is 1. The Balaban J connectivity index is 1.47. The van der Waals surface area contributed by atoms with Crippen molar-refractivity contribution in [3.63, 3.8) is 0 Å². The number of pyridine rings is 1. The van der Waals surface area contributed by atoms with Gasteiger partial charge in [0, 0.05) is 38.3 Å². The number of aromatic amines is 2. The summed E-state index contributed by atoms with van der Waals surface area (Å²) in [6.45, 7) is 2.08. The normalized spacial score (nSPS) is 15.4. The van der Waals surface area contributed by atoms with E-state index in [2.05, 4.69) is 32.6 Å². The number of H-pyrrole nitrogens is 2. The third-order valence-corrected chi connectivity index (χ3v) is 6.89. The van der Waals surface area contributed by atoms with Crippen LogP contribution in [-0.4, -0.2) is 33.3 Å². The van der Waals surface area contributed by atoms with Crippen molar-refractivity contribution in [1.29, 1.82) is 0 Å². The molecule has 4 aromatic heterocycles. The van der Waals surface area contributed by atoms with Gasteiger partial charge >= 0.3 is 0 Å². The van der Waals surface area contributed by atoms with Crippen molar-refractivity contribution in [2.24, 2.45) is 0 Å². The molecular formula is C23H20FN5S. The first-order valence-corrected chi connectivity index (χ1v) is 11.0. The lowest BCUT2D eigenvalue weighted by Crippen LogP contribution is -2.27. The molecule has 0 spiro atoms. The van der Waals surface area contributed by atoms with Crippen molar-refractivity contribution in [3.8, 4) is 21.8 Å². The second kappa shape index (κ2) is 7.04. The summed E-state index contributed by atoms with van der Waals surface area (Å²) in [6, 6.07) is 13.7. The summed E-state index contributed by atoms with van der Waals surface area (Å²) in [7, 11) is 0. The number of fused-ring (bicyclic) bond motifs is 2. The Kier molecular flexibility index (Phi) is 4.17. The van der Waals surface area contributed by atoms with Crippen LogP contribution in [0.2, 0.25) is 0 Å². The van der Waals surface area contributed by atoms with Crippen molar-refractivity contribution < 1.29 is 4.39 Å². The lowest BCUT2D eigenvalue weighted by atomic mass is 9.93. The average molecular weight is 418 g/mol. The first kappa shape index (κ1) is 17.8. The molecule has 1 aromatic carbocycles. The first-order chi connectivity index (χ1) is 14.8. The zero-order valence-electron chi connectivity index (χ0n) is 16.2. The van der Waals surface area contributed by atoms with E-state index in [-0.39, 0.29) is 5.13 Å². The fraction of sp³-hybridized carbons (Fsp3) is 0.217. The highest BCUT2D eigenvalue weighted by Crippen LogP contribution is 2.37. The number of nitrogens with zero attached hydrogens (tertiary/aromatic N) is 2. The van der Waals surface area contributed by atoms with Gasteiger partial charge in [-0.1, -0.05) is 12.1 Å². The van der Waals surface area contributed by atoms with Crippen LogP contribution >= 0.6 is 11.3 Å². The highest BCUT2D eigenvalue weighted by atomic mass is 32.1. The predicted octanol–water partition coefficient (Wildman–Crippen LogP) is 5.44. The molecule has 0 atom stereocenters. The van der Waals surface area contributed by atoms with Crippen LogP contribution in [0, 0.1) is 5.13 Å². The molecule has 1 aliphatic rings. The first-order valence-electron chi connectivity index (χ1n) is 10.2. The van der Waals surface area contributed by atoms with Crippen LogP contribution < -0.4 is 5.32 Å². The third kappa shape index (κ3) is 2.93. The second-order valence-electron chi connectivity index (χ2n) is 7.80. The van der Waals surface area contributed by atoms with Gasteiger partial charge in [-0.3, -0.25) is 10.1 Å². The lowest BCUT2D eigenvalue weighted by Gasteiger charge is -2.22. The van der Waals surface area contributed by atoms with Crippen LogP contribution in [0.5, 0.6) is 0 Å². The fourth-order valence-corrected chi connectivity index (χ4v) is 5.21. The summed E-state index contributed by atoms with van der Waals surface area (Å²) in [6.07, 6.45) is 4.11. The van der Waals surface area contributed by atoms with E-state index < -0.39 is 0 Å². The molecule has 7 heteroatoms. The Morgan fingerprint density at radius 2 is 1.90 bits per heavy atom. The largest absolute Gasteiger partial charge is 0.353 e. The molecule has 1 aliphatic heterocycles. The molecule has 0 saturated carbocycles. The van der Waals surface area contributed by atoms with E-state index in [1.54, 1.807) is 0 Å². The Bertz CT molecular complexity index is 1360. The monoisotopic (exact) mass is 417 g/mol. The molecule has 0 amide bonds. The quantitative estimate of drug-likeness (QED) is 0.366. The maximum absolute atomic E-state index is 13.6. The number of nitrogens with one attached hydrogen (secondary N) is 3. The molecule has 0 bridgehead atoms. The minimum Gasteiger partial charge on any atom is -0.353 e. The van der Waals surface area contributed by atoms with Gasteiger partial charge in [0.05, 0.1) is 17.4 Å². The minimum atomic E-state index is -0.172. The van der Waals surface area contributed by atoms with Crippen molar-refractivity contribution >= 4 is 33.1 Å². The topological polar surface area (TPSA) is 69.4 Å². The zero-order valence-corrected chi connectivity index (χ0v) is 17.0. The second-order valence-corrected chi connectivity index (χ2v) is 8.84. The molecule has 0 radical (unpaired) electrons. The number of rotatable bonds is 3. The molecule has 3 N–H and O–H groups in total. The number of piperidine rings is 1. The van der Waals surface area contributed by atoms with E-state index in [0.717, 1.165) is 75.3 Å². The van der Waals surface area contributed by atoms with Crippen molar-refractivity contribution in [1.82, 2.24) is 25.5 Å². The molecule has 1 fully saturated rings. The van der Waals surface area contributed by atoms with Crippen molar-refractivity contribution in [2.45, 2.75) is 18.8 Å². The van der Waals surface area contributed by atoms with Gasteiger partial charge in [0.25, 0.3) is 0 Å². The van der Waals surface area contributed by atoms with E-state index in [4.69, 9.17) is 4.98 Å². The van der Waals surface area contributed by atoms with E-state index in [0.29, 0.717) is 5.92 Å². The molecule has 0 aliphatic carbocycles. The standard InChI is InChI=1S/C23H20FN5S/c24-22-5-4-21(30-22)14-2-1-3-17-15(14)10-19(27-17)23-16-11-18(13-6-8-25-9-7-13)26-12-20(16)28-29-23/h1-5,10-13,25,27H,6-9H2,(H,28,29). The molecule has 5 aromatic rings. The van der Waals surface area contributed by atoms with Gasteiger partial charge in [0.2, 0.25) is 0 Å². The smallest absolute Gasteiger partial charge is 0.176 e. The number of hydrogen-bond acceptors (Lipinski definition) is 4. The van der Waals surface area contributed by atoms with E-state index >= 15 is 0 Å². The number of thiophene rings is 1. The maximum atomic E-state index is 13.6. The molecule has 5 heterocycles. The van der Waals surface area contributed by atoms with E-state index in [1.807, 2.05) is 30.5 Å². The number of hydrogen-bond donors (Lipinski definition) is 3. The maximum Gasteiger partial charge on any atom is 0.176 e. The zero-order chi connectivity index (χ0) is 20.1. The Morgan fingerprint density at radius 1 is 1.00 bits per heavy atom. The molecule has 6 rings (SSSR count). The van der Waals surface area contributed by atoms with Crippen LogP contribution in [0.1, 0.15) is 24.5 Å². The van der Waals surface area contributed by atoms with Crippen molar-refractivity contribution in [3.05, 3.63) is 59.5 Å². The van der Waals surface area contributed by atoms with Gasteiger partial charge in [-0.25, -0.2) is 0 Å². The molecule has 0 unspecified atom stereocenters. The summed E-state index contributed by atoms with van der Waals surface area (Å²) >= 11 is 1.17. The Morgan fingerprint density at radius 3 is 2.73 bits per heavy atom. The highest BCUT2D eigenvalue weighted by Gasteiger charge is 2.19.